The van der Waals surface area contributed by atoms with Crippen LogP contribution in [0.25, 0.3) is 0 Å². The molecule has 0 atom stereocenters. The highest BCUT2D eigenvalue weighted by atomic mass is 127. The number of rotatable bonds is 5. The molecule has 0 amide bonds. The van der Waals surface area contributed by atoms with Gasteiger partial charge in [-0.1, -0.05) is 19.1 Å². The van der Waals surface area contributed by atoms with Crippen molar-refractivity contribution in [2.75, 3.05) is 24.3 Å². The number of benzene rings is 1. The first-order valence-electron chi connectivity index (χ1n) is 7.37. The lowest BCUT2D eigenvalue weighted by molar-refractivity contribution is 0.958. The molecule has 124 valence electrons. The van der Waals surface area contributed by atoms with E-state index in [1.54, 1.807) is 6.20 Å². The van der Waals surface area contributed by atoms with Gasteiger partial charge in [0.2, 0.25) is 0 Å². The van der Waals surface area contributed by atoms with Crippen LogP contribution < -0.4 is 16.0 Å². The van der Waals surface area contributed by atoms with Gasteiger partial charge in [0.15, 0.2) is 5.96 Å². The second-order valence-electron chi connectivity index (χ2n) is 5.24. The highest BCUT2D eigenvalue weighted by Gasteiger charge is 2.04. The first-order valence-corrected chi connectivity index (χ1v) is 7.37. The summed E-state index contributed by atoms with van der Waals surface area (Å²) in [6.07, 6.45) is 2.76. The van der Waals surface area contributed by atoms with Gasteiger partial charge in [0.05, 0.1) is 17.9 Å². The van der Waals surface area contributed by atoms with Crippen LogP contribution in [0.2, 0.25) is 0 Å². The number of nitrogens with one attached hydrogen (secondary N) is 1. The highest BCUT2D eigenvalue weighted by Crippen LogP contribution is 2.16. The quantitative estimate of drug-likeness (QED) is 0.439. The summed E-state index contributed by atoms with van der Waals surface area (Å²) in [4.78, 5) is 10.8. The first-order chi connectivity index (χ1) is 10.6. The molecule has 0 bridgehead atoms. The normalized spacial score (nSPS) is 10.8. The smallest absolute Gasteiger partial charge is 0.193 e. The molecule has 0 fully saturated rings. The third-order valence-electron chi connectivity index (χ3n) is 3.35. The number of aromatic nitrogens is 1. The van der Waals surface area contributed by atoms with Crippen LogP contribution in [0.3, 0.4) is 0 Å². The van der Waals surface area contributed by atoms with E-state index in [0.29, 0.717) is 12.5 Å². The van der Waals surface area contributed by atoms with Crippen molar-refractivity contribution < 1.29 is 0 Å². The largest absolute Gasteiger partial charge is 0.376 e. The van der Waals surface area contributed by atoms with Gasteiger partial charge < -0.3 is 16.0 Å². The number of guanidine groups is 1. The van der Waals surface area contributed by atoms with Gasteiger partial charge in [0, 0.05) is 26.0 Å². The van der Waals surface area contributed by atoms with Crippen molar-refractivity contribution in [3.05, 3.63) is 53.9 Å². The molecule has 2 aromatic rings. The summed E-state index contributed by atoms with van der Waals surface area (Å²) in [5.74, 6) is 0.392. The minimum absolute atomic E-state index is 0. The van der Waals surface area contributed by atoms with E-state index in [1.807, 2.05) is 43.3 Å². The molecule has 0 spiro atoms. The fraction of sp³-hybridized carbons (Fsp3) is 0.294. The number of nitrogens with two attached hydrogens (primary N) is 1. The van der Waals surface area contributed by atoms with Crippen LogP contribution >= 0.6 is 24.0 Å². The SMILES string of the molecule is CCc1cccc(NC(N)=NCc2ncccc2N(C)C)c1.I. The van der Waals surface area contributed by atoms with Crippen molar-refractivity contribution in [1.82, 2.24) is 4.98 Å². The Balaban J connectivity index is 0.00000264. The van der Waals surface area contributed by atoms with E-state index in [-0.39, 0.29) is 24.0 Å². The Kier molecular flexibility index (Phi) is 7.80. The van der Waals surface area contributed by atoms with E-state index in [0.717, 1.165) is 23.5 Å². The summed E-state index contributed by atoms with van der Waals surface area (Å²) in [5, 5.41) is 3.12. The van der Waals surface area contributed by atoms with Crippen LogP contribution in [0, 0.1) is 0 Å². The van der Waals surface area contributed by atoms with E-state index in [9.17, 15) is 0 Å². The van der Waals surface area contributed by atoms with Crippen molar-refractivity contribution >= 4 is 41.3 Å². The topological polar surface area (TPSA) is 66.5 Å². The lowest BCUT2D eigenvalue weighted by atomic mass is 10.1. The molecule has 1 aromatic carbocycles. The molecule has 5 nitrogen and oxygen atoms in total. The summed E-state index contributed by atoms with van der Waals surface area (Å²) in [6.45, 7) is 2.57. The van der Waals surface area contributed by atoms with Crippen molar-refractivity contribution in [1.29, 1.82) is 0 Å². The number of pyridine rings is 1. The zero-order valence-corrected chi connectivity index (χ0v) is 16.1. The average molecular weight is 425 g/mol. The fourth-order valence-corrected chi connectivity index (χ4v) is 2.17. The molecule has 0 aliphatic heterocycles. The number of anilines is 2. The molecular formula is C17H24IN5. The standard InChI is InChI=1S/C17H23N5.HI/c1-4-13-7-5-8-14(11-13)21-17(18)20-12-15-16(22(2)3)9-6-10-19-15;/h5-11H,4,12H2,1-3H3,(H3,18,20,21);1H. The fourth-order valence-electron chi connectivity index (χ4n) is 2.17. The van der Waals surface area contributed by atoms with Crippen LogP contribution in [0.5, 0.6) is 0 Å². The number of aliphatic imine (C=N–C) groups is 1. The monoisotopic (exact) mass is 425 g/mol. The third-order valence-corrected chi connectivity index (χ3v) is 3.35. The van der Waals surface area contributed by atoms with E-state index in [2.05, 4.69) is 34.3 Å². The Morgan fingerprint density at radius 1 is 1.26 bits per heavy atom. The lowest BCUT2D eigenvalue weighted by Crippen LogP contribution is -2.23. The minimum Gasteiger partial charge on any atom is -0.376 e. The molecule has 6 heteroatoms. The summed E-state index contributed by atoms with van der Waals surface area (Å²) < 4.78 is 0. The summed E-state index contributed by atoms with van der Waals surface area (Å²) in [6, 6.07) is 12.1. The number of hydrogen-bond donors (Lipinski definition) is 2. The molecule has 0 aliphatic rings. The van der Waals surface area contributed by atoms with E-state index < -0.39 is 0 Å². The van der Waals surface area contributed by atoms with Crippen LogP contribution in [0.1, 0.15) is 18.2 Å². The number of nitrogens with zero attached hydrogens (tertiary/aromatic N) is 3. The van der Waals surface area contributed by atoms with E-state index in [4.69, 9.17) is 5.73 Å². The van der Waals surface area contributed by atoms with Crippen LogP contribution in [0.4, 0.5) is 11.4 Å². The van der Waals surface area contributed by atoms with Crippen molar-refractivity contribution in [3.63, 3.8) is 0 Å². The van der Waals surface area contributed by atoms with Crippen LogP contribution in [0.15, 0.2) is 47.6 Å². The predicted molar refractivity (Wildman–Crippen MR) is 109 cm³/mol. The zero-order chi connectivity index (χ0) is 15.9. The minimum atomic E-state index is 0. The summed E-state index contributed by atoms with van der Waals surface area (Å²) in [5.41, 5.74) is 10.1. The first kappa shape index (κ1) is 19.2. The molecule has 2 rings (SSSR count). The molecule has 3 N–H and O–H groups in total. The second kappa shape index (κ2) is 9.34. The summed E-state index contributed by atoms with van der Waals surface area (Å²) >= 11 is 0. The van der Waals surface area contributed by atoms with E-state index in [1.165, 1.54) is 5.56 Å². The van der Waals surface area contributed by atoms with E-state index >= 15 is 0 Å². The highest BCUT2D eigenvalue weighted by molar-refractivity contribution is 14.0. The summed E-state index contributed by atoms with van der Waals surface area (Å²) in [7, 11) is 3.98. The zero-order valence-electron chi connectivity index (χ0n) is 13.8. The Morgan fingerprint density at radius 3 is 2.74 bits per heavy atom. The maximum atomic E-state index is 5.97. The van der Waals surface area contributed by atoms with Gasteiger partial charge in [0.1, 0.15) is 0 Å². The van der Waals surface area contributed by atoms with Gasteiger partial charge in [-0.2, -0.15) is 0 Å². The molecule has 1 aromatic heterocycles. The van der Waals surface area contributed by atoms with Crippen LogP contribution in [-0.4, -0.2) is 25.0 Å². The lowest BCUT2D eigenvalue weighted by Gasteiger charge is -2.15. The molecule has 0 saturated heterocycles. The Labute approximate surface area is 155 Å². The molecule has 0 unspecified atom stereocenters. The molecular weight excluding hydrogens is 401 g/mol. The maximum absolute atomic E-state index is 5.97. The Morgan fingerprint density at radius 2 is 2.04 bits per heavy atom. The van der Waals surface area contributed by atoms with Crippen molar-refractivity contribution in [2.45, 2.75) is 19.9 Å². The van der Waals surface area contributed by atoms with Gasteiger partial charge in [-0.05, 0) is 36.2 Å². The molecule has 23 heavy (non-hydrogen) atoms. The second-order valence-corrected chi connectivity index (χ2v) is 5.24. The van der Waals surface area contributed by atoms with Crippen molar-refractivity contribution in [2.24, 2.45) is 10.7 Å². The van der Waals surface area contributed by atoms with Gasteiger partial charge in [-0.3, -0.25) is 4.98 Å². The van der Waals surface area contributed by atoms with Gasteiger partial charge in [-0.15, -0.1) is 24.0 Å². The molecule has 1 heterocycles. The van der Waals surface area contributed by atoms with Gasteiger partial charge >= 0.3 is 0 Å². The Hall–Kier alpha value is -1.83. The third kappa shape index (κ3) is 5.70. The molecule has 0 saturated carbocycles. The molecule has 0 aliphatic carbocycles. The number of halogens is 1. The maximum Gasteiger partial charge on any atom is 0.193 e. The van der Waals surface area contributed by atoms with Crippen molar-refractivity contribution in [3.8, 4) is 0 Å². The van der Waals surface area contributed by atoms with Gasteiger partial charge in [0.25, 0.3) is 0 Å². The number of aryl methyl sites for hydroxylation is 1. The molecule has 0 radical (unpaired) electrons. The average Bonchev–Trinajstić information content (AvgIpc) is 2.53. The van der Waals surface area contributed by atoms with Gasteiger partial charge in [-0.25, -0.2) is 4.99 Å². The Bertz CT molecular complexity index is 655. The predicted octanol–water partition coefficient (Wildman–Crippen LogP) is 3.25. The number of hydrogen-bond acceptors (Lipinski definition) is 3. The van der Waals surface area contributed by atoms with Crippen LogP contribution in [-0.2, 0) is 13.0 Å².